The van der Waals surface area contributed by atoms with Crippen LogP contribution in [0, 0.1) is 0 Å². The molecule has 1 aliphatic heterocycles. The molecular formula is C16H24N2O2. The highest BCUT2D eigenvalue weighted by molar-refractivity contribution is 5.72. The molecular weight excluding hydrogens is 252 g/mol. The summed E-state index contributed by atoms with van der Waals surface area (Å²) in [5.74, 6) is -0.767. The lowest BCUT2D eigenvalue weighted by molar-refractivity contribution is -0.139. The molecule has 1 saturated heterocycles. The first kappa shape index (κ1) is 15.0. The minimum atomic E-state index is -0.767. The highest BCUT2D eigenvalue weighted by atomic mass is 16.4. The fraction of sp³-hybridized carbons (Fsp3) is 0.562. The number of carbonyl (C=O) groups is 1. The van der Waals surface area contributed by atoms with E-state index >= 15 is 0 Å². The molecule has 0 bridgehead atoms. The van der Waals surface area contributed by atoms with Crippen molar-refractivity contribution in [1.29, 1.82) is 0 Å². The molecule has 2 rings (SSSR count). The summed E-state index contributed by atoms with van der Waals surface area (Å²) in [7, 11) is 0. The third kappa shape index (κ3) is 4.62. The van der Waals surface area contributed by atoms with Crippen LogP contribution in [0.25, 0.3) is 0 Å². The first-order chi connectivity index (χ1) is 9.65. The van der Waals surface area contributed by atoms with Gasteiger partial charge in [-0.25, -0.2) is 0 Å². The summed E-state index contributed by atoms with van der Waals surface area (Å²) in [6.07, 6.45) is 3.16. The normalized spacial score (nSPS) is 18.9. The summed E-state index contributed by atoms with van der Waals surface area (Å²) >= 11 is 0. The number of piperidine rings is 1. The zero-order valence-corrected chi connectivity index (χ0v) is 12.1. The van der Waals surface area contributed by atoms with Gasteiger partial charge in [0.05, 0.1) is 0 Å². The molecule has 0 amide bonds. The highest BCUT2D eigenvalue weighted by Crippen LogP contribution is 2.12. The first-order valence-corrected chi connectivity index (χ1v) is 7.40. The van der Waals surface area contributed by atoms with Crippen LogP contribution >= 0.6 is 0 Å². The first-order valence-electron chi connectivity index (χ1n) is 7.40. The second-order valence-electron chi connectivity index (χ2n) is 5.58. The Kier molecular flexibility index (Phi) is 5.56. The summed E-state index contributed by atoms with van der Waals surface area (Å²) in [6.45, 7) is 4.91. The van der Waals surface area contributed by atoms with Crippen LogP contribution in [0.4, 0.5) is 0 Å². The van der Waals surface area contributed by atoms with Crippen molar-refractivity contribution >= 4 is 5.97 Å². The van der Waals surface area contributed by atoms with Crippen molar-refractivity contribution in [2.24, 2.45) is 0 Å². The molecule has 0 spiro atoms. The molecule has 110 valence electrons. The van der Waals surface area contributed by atoms with Crippen molar-refractivity contribution in [2.75, 3.05) is 19.6 Å². The van der Waals surface area contributed by atoms with Crippen molar-refractivity contribution in [3.63, 3.8) is 0 Å². The van der Waals surface area contributed by atoms with Gasteiger partial charge >= 0.3 is 5.97 Å². The monoisotopic (exact) mass is 276 g/mol. The van der Waals surface area contributed by atoms with Crippen LogP contribution in [-0.4, -0.2) is 47.7 Å². The quantitative estimate of drug-likeness (QED) is 0.831. The molecule has 1 unspecified atom stereocenters. The number of nitrogens with one attached hydrogen (secondary N) is 1. The lowest BCUT2D eigenvalue weighted by atomic mass is 10.0. The Morgan fingerprint density at radius 3 is 2.60 bits per heavy atom. The van der Waals surface area contributed by atoms with E-state index in [1.54, 1.807) is 6.92 Å². The zero-order valence-electron chi connectivity index (χ0n) is 12.1. The summed E-state index contributed by atoms with van der Waals surface area (Å²) in [5.41, 5.74) is 1.38. The number of carboxylic acids is 1. The van der Waals surface area contributed by atoms with E-state index in [1.807, 2.05) is 6.07 Å². The maximum absolute atomic E-state index is 10.8. The van der Waals surface area contributed by atoms with Gasteiger partial charge in [0.2, 0.25) is 0 Å². The Balaban J connectivity index is 1.68. The number of aliphatic carboxylic acids is 1. The largest absolute Gasteiger partial charge is 0.480 e. The van der Waals surface area contributed by atoms with Crippen LogP contribution < -0.4 is 5.32 Å². The summed E-state index contributed by atoms with van der Waals surface area (Å²) in [4.78, 5) is 13.3. The second-order valence-corrected chi connectivity index (χ2v) is 5.58. The Labute approximate surface area is 120 Å². The van der Waals surface area contributed by atoms with Crippen LogP contribution in [-0.2, 0) is 11.2 Å². The Hall–Kier alpha value is -1.39. The Bertz CT molecular complexity index is 414. The molecule has 1 aromatic rings. The van der Waals surface area contributed by atoms with Crippen molar-refractivity contribution < 1.29 is 9.90 Å². The molecule has 4 heteroatoms. The SMILES string of the molecule is CC(NC1CCN(CCc2ccccc2)CC1)C(=O)O. The molecule has 2 N–H and O–H groups in total. The van der Waals surface area contributed by atoms with Crippen molar-refractivity contribution in [2.45, 2.75) is 38.3 Å². The van der Waals surface area contributed by atoms with Crippen LogP contribution in [0.3, 0.4) is 0 Å². The number of hydrogen-bond acceptors (Lipinski definition) is 3. The number of hydrogen-bond donors (Lipinski definition) is 2. The fourth-order valence-corrected chi connectivity index (χ4v) is 2.68. The molecule has 20 heavy (non-hydrogen) atoms. The number of benzene rings is 1. The molecule has 1 aromatic carbocycles. The number of carboxylic acid groups (broad SMARTS) is 1. The third-order valence-electron chi connectivity index (χ3n) is 4.00. The fourth-order valence-electron chi connectivity index (χ4n) is 2.68. The Morgan fingerprint density at radius 2 is 2.00 bits per heavy atom. The van der Waals surface area contributed by atoms with Gasteiger partial charge in [0.1, 0.15) is 6.04 Å². The molecule has 1 atom stereocenters. The van der Waals surface area contributed by atoms with Gasteiger partial charge in [0, 0.05) is 12.6 Å². The lowest BCUT2D eigenvalue weighted by Gasteiger charge is -2.33. The van der Waals surface area contributed by atoms with E-state index in [1.165, 1.54) is 5.56 Å². The summed E-state index contributed by atoms with van der Waals surface area (Å²) in [6, 6.07) is 10.4. The van der Waals surface area contributed by atoms with E-state index in [2.05, 4.69) is 34.5 Å². The summed E-state index contributed by atoms with van der Waals surface area (Å²) in [5, 5.41) is 12.1. The lowest BCUT2D eigenvalue weighted by Crippen LogP contribution is -2.47. The average Bonchev–Trinajstić information content (AvgIpc) is 2.47. The number of rotatable bonds is 6. The predicted octanol–water partition coefficient (Wildman–Crippen LogP) is 1.76. The van der Waals surface area contributed by atoms with E-state index in [0.29, 0.717) is 6.04 Å². The third-order valence-corrected chi connectivity index (χ3v) is 4.00. The second kappa shape index (κ2) is 7.41. The molecule has 4 nitrogen and oxygen atoms in total. The van der Waals surface area contributed by atoms with Crippen LogP contribution in [0.15, 0.2) is 30.3 Å². The van der Waals surface area contributed by atoms with Gasteiger partial charge in [0.15, 0.2) is 0 Å². The molecule has 0 aliphatic carbocycles. The van der Waals surface area contributed by atoms with E-state index < -0.39 is 12.0 Å². The van der Waals surface area contributed by atoms with Gasteiger partial charge < -0.3 is 15.3 Å². The number of likely N-dealkylation sites (tertiary alicyclic amines) is 1. The van der Waals surface area contributed by atoms with Gasteiger partial charge in [-0.1, -0.05) is 30.3 Å². The highest BCUT2D eigenvalue weighted by Gasteiger charge is 2.22. The molecule has 0 radical (unpaired) electrons. The zero-order chi connectivity index (χ0) is 14.4. The van der Waals surface area contributed by atoms with Crippen molar-refractivity contribution in [3.8, 4) is 0 Å². The van der Waals surface area contributed by atoms with Gasteiger partial charge in [-0.2, -0.15) is 0 Å². The van der Waals surface area contributed by atoms with Crippen LogP contribution in [0.1, 0.15) is 25.3 Å². The van der Waals surface area contributed by atoms with Crippen molar-refractivity contribution in [1.82, 2.24) is 10.2 Å². The van der Waals surface area contributed by atoms with Crippen LogP contribution in [0.2, 0.25) is 0 Å². The predicted molar refractivity (Wildman–Crippen MR) is 79.8 cm³/mol. The van der Waals surface area contributed by atoms with Crippen molar-refractivity contribution in [3.05, 3.63) is 35.9 Å². The maximum Gasteiger partial charge on any atom is 0.320 e. The molecule has 0 aromatic heterocycles. The van der Waals surface area contributed by atoms with Gasteiger partial charge in [0.25, 0.3) is 0 Å². The molecule has 0 saturated carbocycles. The topological polar surface area (TPSA) is 52.6 Å². The molecule has 1 heterocycles. The van der Waals surface area contributed by atoms with Gasteiger partial charge in [-0.3, -0.25) is 4.79 Å². The van der Waals surface area contributed by atoms with Crippen LogP contribution in [0.5, 0.6) is 0 Å². The number of nitrogens with zero attached hydrogens (tertiary/aromatic N) is 1. The maximum atomic E-state index is 10.8. The summed E-state index contributed by atoms with van der Waals surface area (Å²) < 4.78 is 0. The minimum Gasteiger partial charge on any atom is -0.480 e. The molecule has 1 aliphatic rings. The standard InChI is InChI=1S/C16H24N2O2/c1-13(16(19)20)17-15-8-11-18(12-9-15)10-7-14-5-3-2-4-6-14/h2-6,13,15,17H,7-12H2,1H3,(H,19,20). The molecule has 1 fully saturated rings. The van der Waals surface area contributed by atoms with E-state index in [4.69, 9.17) is 5.11 Å². The van der Waals surface area contributed by atoms with E-state index in [-0.39, 0.29) is 0 Å². The van der Waals surface area contributed by atoms with Gasteiger partial charge in [-0.05, 0) is 44.8 Å². The van der Waals surface area contributed by atoms with Gasteiger partial charge in [-0.15, -0.1) is 0 Å². The Morgan fingerprint density at radius 1 is 1.35 bits per heavy atom. The van der Waals surface area contributed by atoms with E-state index in [9.17, 15) is 4.79 Å². The smallest absolute Gasteiger partial charge is 0.320 e. The minimum absolute atomic E-state index is 0.342. The van der Waals surface area contributed by atoms with E-state index in [0.717, 1.165) is 38.9 Å². The average molecular weight is 276 g/mol.